The number of phenolic OH excluding ortho intramolecular Hbond substituents is 1. The largest absolute Gasteiger partial charge is 0.508 e. The molecule has 9 heteroatoms. The number of alkyl carbamates (subject to hydrolysis) is 1. The summed E-state index contributed by atoms with van der Waals surface area (Å²) >= 11 is 2.09. The lowest BCUT2D eigenvalue weighted by atomic mass is 9.92. The molecule has 0 aliphatic heterocycles. The van der Waals surface area contributed by atoms with Gasteiger partial charge in [-0.05, 0) is 71.7 Å². The van der Waals surface area contributed by atoms with Crippen LogP contribution in [0.2, 0.25) is 0 Å². The molecular formula is C22H23IN2O6. The molecule has 0 aromatic heterocycles. The van der Waals surface area contributed by atoms with E-state index in [0.29, 0.717) is 24.0 Å². The van der Waals surface area contributed by atoms with E-state index in [0.717, 1.165) is 3.57 Å². The van der Waals surface area contributed by atoms with Crippen LogP contribution in [0.1, 0.15) is 41.8 Å². The molecule has 2 atom stereocenters. The Morgan fingerprint density at radius 2 is 1.87 bits per heavy atom. The predicted molar refractivity (Wildman–Crippen MR) is 121 cm³/mol. The molecule has 2 rings (SSSR count). The van der Waals surface area contributed by atoms with E-state index in [1.807, 2.05) is 6.92 Å². The zero-order chi connectivity index (χ0) is 22.8. The van der Waals surface area contributed by atoms with Crippen LogP contribution in [0.3, 0.4) is 0 Å². The zero-order valence-corrected chi connectivity index (χ0v) is 18.9. The first-order chi connectivity index (χ1) is 14.8. The fourth-order valence-corrected chi connectivity index (χ4v) is 3.39. The maximum Gasteiger partial charge on any atom is 0.414 e. The number of amides is 3. The Morgan fingerprint density at radius 3 is 2.55 bits per heavy atom. The van der Waals surface area contributed by atoms with E-state index in [1.54, 1.807) is 48.5 Å². The molecule has 164 valence electrons. The number of aromatic hydroxyl groups is 1. The molecule has 3 amide bonds. The Bertz CT molecular complexity index is 948. The van der Waals surface area contributed by atoms with E-state index in [1.165, 1.54) is 17.6 Å². The van der Waals surface area contributed by atoms with E-state index in [4.69, 9.17) is 9.94 Å². The molecule has 0 aliphatic rings. The number of imide groups is 1. The Kier molecular flexibility index (Phi) is 9.47. The SMILES string of the molecule is C[C@@H](CC/C=C/C(=O)NO)[C@H](OC(=O)NC(=O)c1ccccc1)c1cc(I)ccc1O. The number of nitrogens with one attached hydrogen (secondary N) is 2. The summed E-state index contributed by atoms with van der Waals surface area (Å²) in [5.74, 6) is -1.53. The highest BCUT2D eigenvalue weighted by Gasteiger charge is 2.27. The van der Waals surface area contributed by atoms with Crippen LogP contribution in [0, 0.1) is 9.49 Å². The first-order valence-electron chi connectivity index (χ1n) is 9.47. The first-order valence-corrected chi connectivity index (χ1v) is 10.6. The number of hydrogen-bond donors (Lipinski definition) is 4. The van der Waals surface area contributed by atoms with Crippen molar-refractivity contribution < 1.29 is 29.4 Å². The van der Waals surface area contributed by atoms with Crippen LogP contribution in [0.5, 0.6) is 5.75 Å². The average molecular weight is 538 g/mol. The number of hydrogen-bond acceptors (Lipinski definition) is 6. The second-order valence-corrected chi connectivity index (χ2v) is 8.03. The number of halogens is 1. The number of carbonyl (C=O) groups is 3. The van der Waals surface area contributed by atoms with Crippen LogP contribution in [-0.4, -0.2) is 28.2 Å². The highest BCUT2D eigenvalue weighted by Crippen LogP contribution is 2.35. The smallest absolute Gasteiger partial charge is 0.414 e. The molecule has 31 heavy (non-hydrogen) atoms. The fourth-order valence-electron chi connectivity index (χ4n) is 2.88. The van der Waals surface area contributed by atoms with Gasteiger partial charge in [0, 0.05) is 20.8 Å². The number of ether oxygens (including phenoxy) is 1. The summed E-state index contributed by atoms with van der Waals surface area (Å²) in [6.45, 7) is 1.83. The summed E-state index contributed by atoms with van der Waals surface area (Å²) in [6, 6.07) is 13.2. The van der Waals surface area contributed by atoms with Crippen molar-refractivity contribution in [1.82, 2.24) is 10.8 Å². The van der Waals surface area contributed by atoms with Crippen molar-refractivity contribution in [3.63, 3.8) is 0 Å². The monoisotopic (exact) mass is 538 g/mol. The third-order valence-electron chi connectivity index (χ3n) is 4.47. The second-order valence-electron chi connectivity index (χ2n) is 6.78. The van der Waals surface area contributed by atoms with Gasteiger partial charge in [0.2, 0.25) is 0 Å². The van der Waals surface area contributed by atoms with Crippen molar-refractivity contribution in [2.75, 3.05) is 0 Å². The van der Waals surface area contributed by atoms with Crippen LogP contribution in [0.25, 0.3) is 0 Å². The molecule has 4 N–H and O–H groups in total. The molecule has 0 saturated heterocycles. The van der Waals surface area contributed by atoms with Gasteiger partial charge >= 0.3 is 6.09 Å². The average Bonchev–Trinajstić information content (AvgIpc) is 2.77. The van der Waals surface area contributed by atoms with Gasteiger partial charge in [0.15, 0.2) is 0 Å². The van der Waals surface area contributed by atoms with Crippen molar-refractivity contribution in [1.29, 1.82) is 0 Å². The molecule has 0 saturated carbocycles. The molecule has 0 aliphatic carbocycles. The van der Waals surface area contributed by atoms with E-state index in [-0.39, 0.29) is 11.7 Å². The molecule has 0 fully saturated rings. The lowest BCUT2D eigenvalue weighted by molar-refractivity contribution is -0.124. The molecule has 2 aromatic carbocycles. The minimum atomic E-state index is -0.931. The Balaban J connectivity index is 2.14. The Hall–Kier alpha value is -2.92. The topological polar surface area (TPSA) is 125 Å². The summed E-state index contributed by atoms with van der Waals surface area (Å²) in [5, 5.41) is 21.0. The molecule has 2 aromatic rings. The lowest BCUT2D eigenvalue weighted by Gasteiger charge is -2.25. The molecule has 0 heterocycles. The first kappa shape index (κ1) is 24.4. The molecule has 0 spiro atoms. The van der Waals surface area contributed by atoms with Crippen LogP contribution < -0.4 is 10.8 Å². The quantitative estimate of drug-likeness (QED) is 0.174. The number of hydroxylamine groups is 1. The summed E-state index contributed by atoms with van der Waals surface area (Å²) in [7, 11) is 0. The zero-order valence-electron chi connectivity index (χ0n) is 16.7. The van der Waals surface area contributed by atoms with Crippen LogP contribution >= 0.6 is 22.6 Å². The fraction of sp³-hybridized carbons (Fsp3) is 0.227. The van der Waals surface area contributed by atoms with Gasteiger partial charge in [0.05, 0.1) is 0 Å². The maximum absolute atomic E-state index is 12.4. The summed E-state index contributed by atoms with van der Waals surface area (Å²) in [5.41, 5.74) is 2.23. The number of allylic oxidation sites excluding steroid dienone is 1. The number of phenols is 1. The van der Waals surface area contributed by atoms with Gasteiger partial charge in [-0.25, -0.2) is 10.3 Å². The summed E-state index contributed by atoms with van der Waals surface area (Å²) in [4.78, 5) is 35.7. The molecule has 8 nitrogen and oxygen atoms in total. The van der Waals surface area contributed by atoms with Gasteiger partial charge < -0.3 is 9.84 Å². The van der Waals surface area contributed by atoms with E-state index in [9.17, 15) is 19.5 Å². The van der Waals surface area contributed by atoms with Crippen LogP contribution in [-0.2, 0) is 9.53 Å². The number of rotatable bonds is 8. The molecule has 0 unspecified atom stereocenters. The van der Waals surface area contributed by atoms with Crippen molar-refractivity contribution in [2.24, 2.45) is 5.92 Å². The Morgan fingerprint density at radius 1 is 1.16 bits per heavy atom. The van der Waals surface area contributed by atoms with Gasteiger partial charge in [-0.2, -0.15) is 0 Å². The normalized spacial score (nSPS) is 12.7. The Labute approximate surface area is 193 Å². The van der Waals surface area contributed by atoms with Crippen molar-refractivity contribution >= 4 is 40.5 Å². The second kappa shape index (κ2) is 12.1. The van der Waals surface area contributed by atoms with Gasteiger partial charge in [0.1, 0.15) is 11.9 Å². The van der Waals surface area contributed by atoms with Crippen molar-refractivity contribution in [3.05, 3.63) is 75.4 Å². The van der Waals surface area contributed by atoms with Crippen LogP contribution in [0.4, 0.5) is 4.79 Å². The lowest BCUT2D eigenvalue weighted by Crippen LogP contribution is -2.33. The van der Waals surface area contributed by atoms with Crippen LogP contribution in [0.15, 0.2) is 60.7 Å². The highest BCUT2D eigenvalue weighted by atomic mass is 127. The van der Waals surface area contributed by atoms with E-state index < -0.39 is 24.0 Å². The number of carbonyl (C=O) groups excluding carboxylic acids is 3. The molecular weight excluding hydrogens is 515 g/mol. The third kappa shape index (κ3) is 7.68. The van der Waals surface area contributed by atoms with Gasteiger partial charge in [-0.15, -0.1) is 0 Å². The van der Waals surface area contributed by atoms with E-state index >= 15 is 0 Å². The van der Waals surface area contributed by atoms with Gasteiger partial charge in [0.25, 0.3) is 11.8 Å². The van der Waals surface area contributed by atoms with Crippen molar-refractivity contribution in [2.45, 2.75) is 25.9 Å². The van der Waals surface area contributed by atoms with Gasteiger partial charge in [-0.1, -0.05) is 31.2 Å². The maximum atomic E-state index is 12.4. The summed E-state index contributed by atoms with van der Waals surface area (Å²) < 4.78 is 6.39. The molecule has 0 radical (unpaired) electrons. The summed E-state index contributed by atoms with van der Waals surface area (Å²) in [6.07, 6.45) is 1.97. The predicted octanol–water partition coefficient (Wildman–Crippen LogP) is 4.08. The van der Waals surface area contributed by atoms with E-state index in [2.05, 4.69) is 27.9 Å². The minimum absolute atomic E-state index is 0.0327. The van der Waals surface area contributed by atoms with Gasteiger partial charge in [-0.3, -0.25) is 20.1 Å². The van der Waals surface area contributed by atoms with Crippen molar-refractivity contribution in [3.8, 4) is 5.75 Å². The highest BCUT2D eigenvalue weighted by molar-refractivity contribution is 14.1. The number of benzene rings is 2. The third-order valence-corrected chi connectivity index (χ3v) is 5.14. The standard InChI is InChI=1S/C22H23IN2O6/c1-14(7-5-6-10-19(27)25-30)20(17-13-16(23)11-12-18(17)26)31-22(29)24-21(28)15-8-3-2-4-9-15/h2-4,6,8-14,20,26,30H,5,7H2,1H3,(H,25,27)(H,24,28,29)/b10-6+/t14-,20-/m0/s1. The minimum Gasteiger partial charge on any atom is -0.508 e. The molecule has 0 bridgehead atoms.